The fraction of sp³-hybridized carbons (Fsp3) is 0.375. The Hall–Kier alpha value is -1.32. The fourth-order valence-electron chi connectivity index (χ4n) is 1.59. The minimum absolute atomic E-state index is 0. The molecule has 7 nitrogen and oxygen atoms in total. The molecule has 2 heterocycles. The molecule has 0 aliphatic carbocycles. The Morgan fingerprint density at radius 3 is 2.88 bits per heavy atom. The van der Waals surface area contributed by atoms with Crippen molar-refractivity contribution in [3.8, 4) is 0 Å². The van der Waals surface area contributed by atoms with Gasteiger partial charge in [0.25, 0.3) is 0 Å². The van der Waals surface area contributed by atoms with E-state index >= 15 is 0 Å². The minimum Gasteiger partial charge on any atom is -0.494 e. The Labute approximate surface area is 110 Å². The third kappa shape index (κ3) is 2.10. The molecule has 0 aromatic carbocycles. The Bertz CT molecular complexity index is 379. The molecule has 6 N–H and O–H groups in total. The number of aliphatic hydroxyl groups excluding tert-OH is 2. The summed E-state index contributed by atoms with van der Waals surface area (Å²) >= 11 is 0. The molecular formula is C8H14IN5O2. The number of guanidine groups is 1. The highest BCUT2D eigenvalue weighted by Gasteiger charge is 2.31. The van der Waals surface area contributed by atoms with E-state index in [4.69, 9.17) is 5.73 Å². The predicted molar refractivity (Wildman–Crippen MR) is 69.8 cm³/mol. The van der Waals surface area contributed by atoms with Crippen molar-refractivity contribution in [3.63, 3.8) is 0 Å². The van der Waals surface area contributed by atoms with E-state index in [-0.39, 0.29) is 47.9 Å². The molecule has 8 heteroatoms. The van der Waals surface area contributed by atoms with E-state index in [9.17, 15) is 10.2 Å². The summed E-state index contributed by atoms with van der Waals surface area (Å²) in [7, 11) is 0. The van der Waals surface area contributed by atoms with Crippen LogP contribution in [0, 0.1) is 0 Å². The van der Waals surface area contributed by atoms with Crippen molar-refractivity contribution < 1.29 is 10.2 Å². The number of nitrogens with one attached hydrogen (secondary N) is 2. The molecule has 2 aliphatic rings. The topological polar surface area (TPSA) is 106 Å². The van der Waals surface area contributed by atoms with E-state index in [0.717, 1.165) is 0 Å². The van der Waals surface area contributed by atoms with E-state index < -0.39 is 0 Å². The van der Waals surface area contributed by atoms with Crippen LogP contribution in [0.25, 0.3) is 0 Å². The van der Waals surface area contributed by atoms with Gasteiger partial charge in [-0.05, 0) is 6.92 Å². The summed E-state index contributed by atoms with van der Waals surface area (Å²) in [6.07, 6.45) is 1.22. The third-order valence-electron chi connectivity index (χ3n) is 2.27. The fourth-order valence-corrected chi connectivity index (χ4v) is 1.59. The molecule has 0 aromatic rings. The van der Waals surface area contributed by atoms with Crippen LogP contribution in [0.4, 0.5) is 0 Å². The Balaban J connectivity index is 0.00000128. The molecule has 2 rings (SSSR count). The minimum atomic E-state index is -0.316. The van der Waals surface area contributed by atoms with Crippen LogP contribution in [-0.4, -0.2) is 33.8 Å². The lowest BCUT2D eigenvalue weighted by molar-refractivity contribution is 0.220. The van der Waals surface area contributed by atoms with Gasteiger partial charge in [-0.3, -0.25) is 0 Å². The lowest BCUT2D eigenvalue weighted by Gasteiger charge is -2.37. The van der Waals surface area contributed by atoms with Gasteiger partial charge in [0.15, 0.2) is 5.96 Å². The normalized spacial score (nSPS) is 23.3. The Morgan fingerprint density at radius 2 is 2.25 bits per heavy atom. The number of halogens is 1. The van der Waals surface area contributed by atoms with E-state index in [1.165, 1.54) is 6.20 Å². The lowest BCUT2D eigenvalue weighted by atomic mass is 10.2. The van der Waals surface area contributed by atoms with Crippen molar-refractivity contribution in [3.05, 3.63) is 23.7 Å². The Morgan fingerprint density at radius 1 is 1.56 bits per heavy atom. The van der Waals surface area contributed by atoms with Crippen LogP contribution < -0.4 is 16.4 Å². The number of fused-ring (bicyclic) bond motifs is 1. The number of likely N-dealkylation sites (N-methyl/N-ethyl adjacent to an activating group) is 1. The number of aliphatic hydroxyl groups is 2. The van der Waals surface area contributed by atoms with Crippen molar-refractivity contribution in [1.29, 1.82) is 0 Å². The molecule has 0 spiro atoms. The zero-order valence-electron chi connectivity index (χ0n) is 8.64. The van der Waals surface area contributed by atoms with Crippen LogP contribution in [0.2, 0.25) is 0 Å². The molecule has 16 heavy (non-hydrogen) atoms. The Kier molecular flexibility index (Phi) is 3.73. The first-order chi connectivity index (χ1) is 7.11. The summed E-state index contributed by atoms with van der Waals surface area (Å²) in [5.74, 6) is -0.0993. The number of nitrogens with two attached hydrogens (primary N) is 1. The predicted octanol–water partition coefficient (Wildman–Crippen LogP) is -0.142. The van der Waals surface area contributed by atoms with Crippen molar-refractivity contribution in [2.75, 3.05) is 6.54 Å². The molecule has 0 saturated heterocycles. The molecule has 0 aromatic heterocycles. The molecule has 0 radical (unpaired) electrons. The number of nitrogens with zero attached hydrogens (tertiary/aromatic N) is 2. The molecule has 1 atom stereocenters. The first kappa shape index (κ1) is 12.7. The van der Waals surface area contributed by atoms with Gasteiger partial charge in [-0.1, -0.05) is 0 Å². The van der Waals surface area contributed by atoms with Crippen LogP contribution in [0.1, 0.15) is 6.92 Å². The maximum atomic E-state index is 9.55. The molecule has 2 aliphatic heterocycles. The van der Waals surface area contributed by atoms with Crippen molar-refractivity contribution in [2.24, 2.45) is 10.7 Å². The third-order valence-corrected chi connectivity index (χ3v) is 2.27. The van der Waals surface area contributed by atoms with Crippen LogP contribution >= 0.6 is 24.0 Å². The highest BCUT2D eigenvalue weighted by Crippen LogP contribution is 2.19. The first-order valence-corrected chi connectivity index (χ1v) is 4.59. The van der Waals surface area contributed by atoms with Gasteiger partial charge >= 0.3 is 0 Å². The smallest absolute Gasteiger partial charge is 0.238 e. The van der Waals surface area contributed by atoms with Gasteiger partial charge in [0.2, 0.25) is 11.8 Å². The quantitative estimate of drug-likeness (QED) is 0.426. The molecule has 90 valence electrons. The first-order valence-electron chi connectivity index (χ1n) is 4.59. The summed E-state index contributed by atoms with van der Waals surface area (Å²) in [6.45, 7) is 2.58. The molecule has 0 amide bonds. The van der Waals surface area contributed by atoms with Crippen molar-refractivity contribution >= 4 is 29.9 Å². The summed E-state index contributed by atoms with van der Waals surface area (Å²) in [6, 6.07) is 0. The maximum absolute atomic E-state index is 9.55. The summed E-state index contributed by atoms with van der Waals surface area (Å²) < 4.78 is 0. The van der Waals surface area contributed by atoms with E-state index in [1.54, 1.807) is 4.90 Å². The van der Waals surface area contributed by atoms with Gasteiger partial charge in [-0.25, -0.2) is 0 Å². The SMILES string of the molecule is CCN1C=C(O)NC2=C(O)N=C(N)NC21.I. The summed E-state index contributed by atoms with van der Waals surface area (Å²) in [5.41, 5.74) is 5.89. The molecule has 0 saturated carbocycles. The van der Waals surface area contributed by atoms with Gasteiger partial charge in [0.05, 0.1) is 6.20 Å². The second kappa shape index (κ2) is 4.68. The highest BCUT2D eigenvalue weighted by molar-refractivity contribution is 14.0. The second-order valence-corrected chi connectivity index (χ2v) is 3.25. The van der Waals surface area contributed by atoms with Crippen LogP contribution in [0.5, 0.6) is 0 Å². The van der Waals surface area contributed by atoms with Gasteiger partial charge in [-0.2, -0.15) is 4.99 Å². The standard InChI is InChI=1S/C8H13N5O2.HI/c1-2-13-3-4(14)10-5-6(13)11-8(9)12-7(5)15;/h3,6,10,14-15H,2H2,1H3,(H3,9,11,12);1H. The average Bonchev–Trinajstić information content (AvgIpc) is 2.18. The van der Waals surface area contributed by atoms with Gasteiger partial charge in [0.1, 0.15) is 11.9 Å². The monoisotopic (exact) mass is 339 g/mol. The van der Waals surface area contributed by atoms with Crippen LogP contribution in [0.15, 0.2) is 28.7 Å². The van der Waals surface area contributed by atoms with Crippen LogP contribution in [0.3, 0.4) is 0 Å². The number of hydrogen-bond donors (Lipinski definition) is 5. The molecule has 1 unspecified atom stereocenters. The number of hydrogen-bond acceptors (Lipinski definition) is 7. The maximum Gasteiger partial charge on any atom is 0.238 e. The van der Waals surface area contributed by atoms with Gasteiger partial charge < -0.3 is 31.5 Å². The van der Waals surface area contributed by atoms with E-state index in [2.05, 4.69) is 15.6 Å². The molecule has 0 bridgehead atoms. The zero-order valence-corrected chi connectivity index (χ0v) is 11.0. The largest absolute Gasteiger partial charge is 0.494 e. The van der Waals surface area contributed by atoms with Crippen LogP contribution in [-0.2, 0) is 0 Å². The number of aliphatic imine (C=N–C) groups is 1. The van der Waals surface area contributed by atoms with Crippen molar-refractivity contribution in [2.45, 2.75) is 13.1 Å². The number of rotatable bonds is 1. The van der Waals surface area contributed by atoms with Gasteiger partial charge in [-0.15, -0.1) is 24.0 Å². The second-order valence-electron chi connectivity index (χ2n) is 3.25. The highest BCUT2D eigenvalue weighted by atomic mass is 127. The average molecular weight is 339 g/mol. The summed E-state index contributed by atoms with van der Waals surface area (Å²) in [4.78, 5) is 5.45. The molecular weight excluding hydrogens is 325 g/mol. The van der Waals surface area contributed by atoms with Gasteiger partial charge in [0, 0.05) is 6.54 Å². The lowest BCUT2D eigenvalue weighted by Crippen LogP contribution is -2.56. The molecule has 0 fully saturated rings. The summed E-state index contributed by atoms with van der Waals surface area (Å²) in [5, 5.41) is 24.5. The van der Waals surface area contributed by atoms with Crippen molar-refractivity contribution in [1.82, 2.24) is 15.5 Å². The zero-order chi connectivity index (χ0) is 11.0. The van der Waals surface area contributed by atoms with E-state index in [0.29, 0.717) is 12.2 Å². The van der Waals surface area contributed by atoms with E-state index in [1.807, 2.05) is 6.92 Å².